The minimum atomic E-state index is -0.0689. The molecule has 0 heterocycles. The zero-order valence-electron chi connectivity index (χ0n) is 8.63. The molecule has 0 bridgehead atoms. The van der Waals surface area contributed by atoms with Gasteiger partial charge in [0.2, 0.25) is 0 Å². The molecule has 0 saturated carbocycles. The van der Waals surface area contributed by atoms with E-state index in [0.717, 1.165) is 17.8 Å². The molecule has 1 aliphatic carbocycles. The maximum Gasteiger partial charge on any atom is 0.102 e. The number of aliphatic hydroxyl groups excluding tert-OH is 1. The van der Waals surface area contributed by atoms with Crippen LogP contribution in [0.15, 0.2) is 24.0 Å². The van der Waals surface area contributed by atoms with E-state index < -0.39 is 0 Å². The maximum absolute atomic E-state index is 9.00. The first-order valence-electron chi connectivity index (χ1n) is 4.62. The highest BCUT2D eigenvalue weighted by molar-refractivity contribution is 5.34. The van der Waals surface area contributed by atoms with Crippen molar-refractivity contribution in [2.24, 2.45) is 11.3 Å². The van der Waals surface area contributed by atoms with Gasteiger partial charge in [-0.3, -0.25) is 0 Å². The molecule has 1 rings (SSSR count). The highest BCUT2D eigenvalue weighted by Crippen LogP contribution is 2.48. The SMILES string of the molecule is C=C1C=C(OC)C(C)(CCO)[C@H]1C. The van der Waals surface area contributed by atoms with Crippen LogP contribution in [0.5, 0.6) is 0 Å². The number of aliphatic hydroxyl groups is 1. The van der Waals surface area contributed by atoms with Gasteiger partial charge in [0.15, 0.2) is 0 Å². The molecule has 2 heteroatoms. The molecule has 74 valence electrons. The quantitative estimate of drug-likeness (QED) is 0.724. The summed E-state index contributed by atoms with van der Waals surface area (Å²) in [5, 5.41) is 9.00. The minimum absolute atomic E-state index is 0.0689. The Bertz CT molecular complexity index is 242. The van der Waals surface area contributed by atoms with Crippen LogP contribution in [0.2, 0.25) is 0 Å². The molecule has 2 nitrogen and oxygen atoms in total. The van der Waals surface area contributed by atoms with Crippen molar-refractivity contribution in [3.8, 4) is 0 Å². The summed E-state index contributed by atoms with van der Waals surface area (Å²) in [6.07, 6.45) is 2.72. The van der Waals surface area contributed by atoms with Gasteiger partial charge in [-0.05, 0) is 24.0 Å². The Kier molecular flexibility index (Phi) is 2.81. The summed E-state index contributed by atoms with van der Waals surface area (Å²) >= 11 is 0. The first-order chi connectivity index (χ1) is 6.06. The van der Waals surface area contributed by atoms with Gasteiger partial charge in [-0.15, -0.1) is 0 Å². The summed E-state index contributed by atoms with van der Waals surface area (Å²) in [6, 6.07) is 0. The summed E-state index contributed by atoms with van der Waals surface area (Å²) in [5.74, 6) is 1.30. The molecule has 0 fully saturated rings. The van der Waals surface area contributed by atoms with Gasteiger partial charge >= 0.3 is 0 Å². The molecule has 0 amide bonds. The van der Waals surface area contributed by atoms with E-state index in [4.69, 9.17) is 9.84 Å². The molecule has 0 aliphatic heterocycles. The lowest BCUT2D eigenvalue weighted by Crippen LogP contribution is -2.26. The van der Waals surface area contributed by atoms with Crippen molar-refractivity contribution < 1.29 is 9.84 Å². The molecule has 1 aliphatic rings. The van der Waals surface area contributed by atoms with Crippen LogP contribution in [-0.4, -0.2) is 18.8 Å². The van der Waals surface area contributed by atoms with Crippen molar-refractivity contribution in [3.63, 3.8) is 0 Å². The van der Waals surface area contributed by atoms with Crippen molar-refractivity contribution in [2.45, 2.75) is 20.3 Å². The van der Waals surface area contributed by atoms with Crippen molar-refractivity contribution in [2.75, 3.05) is 13.7 Å². The molecule has 0 saturated heterocycles. The van der Waals surface area contributed by atoms with Crippen LogP contribution in [0.3, 0.4) is 0 Å². The maximum atomic E-state index is 9.00. The molecule has 0 spiro atoms. The molecule has 2 atom stereocenters. The first-order valence-corrected chi connectivity index (χ1v) is 4.62. The highest BCUT2D eigenvalue weighted by Gasteiger charge is 2.41. The van der Waals surface area contributed by atoms with Gasteiger partial charge < -0.3 is 9.84 Å². The van der Waals surface area contributed by atoms with Crippen LogP contribution < -0.4 is 0 Å². The van der Waals surface area contributed by atoms with Crippen LogP contribution in [-0.2, 0) is 4.74 Å². The Morgan fingerprint density at radius 1 is 1.69 bits per heavy atom. The van der Waals surface area contributed by atoms with E-state index in [1.165, 1.54) is 0 Å². The van der Waals surface area contributed by atoms with Gasteiger partial charge in [-0.25, -0.2) is 0 Å². The van der Waals surface area contributed by atoms with E-state index in [9.17, 15) is 0 Å². The van der Waals surface area contributed by atoms with Gasteiger partial charge in [0, 0.05) is 12.0 Å². The average molecular weight is 182 g/mol. The molecule has 1 N–H and O–H groups in total. The van der Waals surface area contributed by atoms with E-state index in [2.05, 4.69) is 20.4 Å². The van der Waals surface area contributed by atoms with Crippen molar-refractivity contribution >= 4 is 0 Å². The van der Waals surface area contributed by atoms with Gasteiger partial charge in [-0.1, -0.05) is 20.4 Å². The number of hydrogen-bond acceptors (Lipinski definition) is 2. The fourth-order valence-electron chi connectivity index (χ4n) is 1.94. The summed E-state index contributed by atoms with van der Waals surface area (Å²) in [7, 11) is 1.67. The molecular formula is C11H18O2. The second-order valence-corrected chi connectivity index (χ2v) is 3.90. The molecule has 0 radical (unpaired) electrons. The third kappa shape index (κ3) is 1.51. The third-order valence-electron chi connectivity index (χ3n) is 3.24. The minimum Gasteiger partial charge on any atom is -0.500 e. The molecule has 0 aromatic carbocycles. The lowest BCUT2D eigenvalue weighted by atomic mass is 9.76. The topological polar surface area (TPSA) is 29.5 Å². The Hall–Kier alpha value is -0.760. The van der Waals surface area contributed by atoms with E-state index >= 15 is 0 Å². The van der Waals surface area contributed by atoms with E-state index in [1.54, 1.807) is 7.11 Å². The van der Waals surface area contributed by atoms with E-state index in [0.29, 0.717) is 5.92 Å². The first kappa shape index (κ1) is 10.3. The fourth-order valence-corrected chi connectivity index (χ4v) is 1.94. The molecule has 0 aromatic rings. The number of hydrogen-bond donors (Lipinski definition) is 1. The van der Waals surface area contributed by atoms with Crippen LogP contribution in [0.25, 0.3) is 0 Å². The summed E-state index contributed by atoms with van der Waals surface area (Å²) in [6.45, 7) is 8.40. The number of allylic oxidation sites excluding steroid dienone is 3. The summed E-state index contributed by atoms with van der Waals surface area (Å²) in [4.78, 5) is 0. The second-order valence-electron chi connectivity index (χ2n) is 3.90. The Morgan fingerprint density at radius 3 is 2.77 bits per heavy atom. The highest BCUT2D eigenvalue weighted by atomic mass is 16.5. The standard InChI is InChI=1S/C11H18O2/c1-8-7-10(13-4)11(3,5-6-12)9(8)2/h7,9,12H,1,5-6H2,2-4H3/t9-,11?/m0/s1. The Balaban J connectivity index is 2.94. The zero-order valence-corrected chi connectivity index (χ0v) is 8.63. The van der Waals surface area contributed by atoms with Crippen LogP contribution in [0.1, 0.15) is 20.3 Å². The van der Waals surface area contributed by atoms with Gasteiger partial charge in [0.05, 0.1) is 7.11 Å². The second kappa shape index (κ2) is 3.54. The van der Waals surface area contributed by atoms with E-state index in [1.807, 2.05) is 6.08 Å². The largest absolute Gasteiger partial charge is 0.500 e. The summed E-state index contributed by atoms with van der Waals surface area (Å²) < 4.78 is 5.31. The molecule has 1 unspecified atom stereocenters. The Labute approximate surface area is 79.9 Å². The van der Waals surface area contributed by atoms with Gasteiger partial charge in [0.25, 0.3) is 0 Å². The lowest BCUT2D eigenvalue weighted by Gasteiger charge is -2.31. The van der Waals surface area contributed by atoms with Crippen LogP contribution in [0, 0.1) is 11.3 Å². The number of methoxy groups -OCH3 is 1. The van der Waals surface area contributed by atoms with Crippen molar-refractivity contribution in [1.82, 2.24) is 0 Å². The molecular weight excluding hydrogens is 164 g/mol. The number of ether oxygens (including phenoxy) is 1. The van der Waals surface area contributed by atoms with Crippen LogP contribution >= 0.6 is 0 Å². The predicted octanol–water partition coefficient (Wildman–Crippen LogP) is 2.11. The zero-order chi connectivity index (χ0) is 10.1. The average Bonchev–Trinajstić information content (AvgIpc) is 2.31. The molecule has 13 heavy (non-hydrogen) atoms. The fraction of sp³-hybridized carbons (Fsp3) is 0.636. The lowest BCUT2D eigenvalue weighted by molar-refractivity contribution is 0.123. The van der Waals surface area contributed by atoms with Crippen LogP contribution in [0.4, 0.5) is 0 Å². The van der Waals surface area contributed by atoms with Crippen molar-refractivity contribution in [3.05, 3.63) is 24.0 Å². The van der Waals surface area contributed by atoms with Crippen molar-refractivity contribution in [1.29, 1.82) is 0 Å². The third-order valence-corrected chi connectivity index (χ3v) is 3.24. The Morgan fingerprint density at radius 2 is 2.31 bits per heavy atom. The predicted molar refractivity (Wildman–Crippen MR) is 53.2 cm³/mol. The summed E-state index contributed by atoms with van der Waals surface area (Å²) in [5.41, 5.74) is 1.02. The van der Waals surface area contributed by atoms with E-state index in [-0.39, 0.29) is 12.0 Å². The monoisotopic (exact) mass is 182 g/mol. The smallest absolute Gasteiger partial charge is 0.102 e. The number of rotatable bonds is 3. The molecule has 0 aromatic heterocycles. The van der Waals surface area contributed by atoms with Gasteiger partial charge in [-0.2, -0.15) is 0 Å². The van der Waals surface area contributed by atoms with Gasteiger partial charge in [0.1, 0.15) is 5.76 Å². The normalized spacial score (nSPS) is 33.4.